The molecule has 2 aromatic heterocycles. The first kappa shape index (κ1) is 10.5. The highest BCUT2D eigenvalue weighted by atomic mass is 79.9. The van der Waals surface area contributed by atoms with E-state index in [4.69, 9.17) is 0 Å². The van der Waals surface area contributed by atoms with Crippen LogP contribution in [0.5, 0.6) is 0 Å². The van der Waals surface area contributed by atoms with Gasteiger partial charge in [-0.3, -0.25) is 0 Å². The van der Waals surface area contributed by atoms with E-state index in [2.05, 4.69) is 36.2 Å². The Bertz CT molecular complexity index is 418. The largest absolute Gasteiger partial charge is 0.369 e. The van der Waals surface area contributed by atoms with Gasteiger partial charge < -0.3 is 5.32 Å². The van der Waals surface area contributed by atoms with Crippen LogP contribution >= 0.6 is 27.3 Å². The molecule has 0 saturated heterocycles. The molecule has 0 bridgehead atoms. The Kier molecular flexibility index (Phi) is 3.63. The maximum Gasteiger partial charge on any atom is 0.143 e. The van der Waals surface area contributed by atoms with E-state index in [1.807, 2.05) is 11.6 Å². The molecule has 78 valence electrons. The zero-order valence-electron chi connectivity index (χ0n) is 7.85. The van der Waals surface area contributed by atoms with Crippen LogP contribution in [0.4, 0.5) is 5.82 Å². The smallest absolute Gasteiger partial charge is 0.143 e. The summed E-state index contributed by atoms with van der Waals surface area (Å²) in [6.07, 6.45) is 5.98. The average Bonchev–Trinajstić information content (AvgIpc) is 2.74. The zero-order valence-corrected chi connectivity index (χ0v) is 10.3. The molecule has 0 spiro atoms. The van der Waals surface area contributed by atoms with Gasteiger partial charge in [0.05, 0.1) is 9.48 Å². The number of thiazole rings is 1. The first-order valence-corrected chi connectivity index (χ1v) is 6.11. The van der Waals surface area contributed by atoms with Crippen molar-refractivity contribution >= 4 is 33.1 Å². The number of halogens is 1. The molecule has 0 aliphatic rings. The van der Waals surface area contributed by atoms with Gasteiger partial charge in [-0.1, -0.05) is 0 Å². The summed E-state index contributed by atoms with van der Waals surface area (Å²) in [7, 11) is 0. The van der Waals surface area contributed by atoms with Crippen LogP contribution in [0.2, 0.25) is 0 Å². The Morgan fingerprint density at radius 2 is 2.33 bits per heavy atom. The Balaban J connectivity index is 1.86. The molecule has 0 saturated carbocycles. The Labute approximate surface area is 99.9 Å². The van der Waals surface area contributed by atoms with Crippen LogP contribution in [0.25, 0.3) is 0 Å². The highest BCUT2D eigenvalue weighted by molar-refractivity contribution is 9.10. The van der Waals surface area contributed by atoms with Crippen molar-refractivity contribution in [2.45, 2.75) is 6.42 Å². The molecule has 15 heavy (non-hydrogen) atoms. The molecular weight excluding hydrogens is 276 g/mol. The minimum Gasteiger partial charge on any atom is -0.369 e. The van der Waals surface area contributed by atoms with Gasteiger partial charge in [-0.15, -0.1) is 11.3 Å². The van der Waals surface area contributed by atoms with Crippen molar-refractivity contribution in [2.75, 3.05) is 11.9 Å². The number of hydrogen-bond acceptors (Lipinski definition) is 5. The molecule has 4 nitrogen and oxygen atoms in total. The summed E-state index contributed by atoms with van der Waals surface area (Å²) in [6.45, 7) is 0.823. The Hall–Kier alpha value is -1.01. The van der Waals surface area contributed by atoms with Gasteiger partial charge in [0.1, 0.15) is 12.1 Å². The minimum atomic E-state index is 0.821. The third kappa shape index (κ3) is 2.97. The standard InChI is InChI=1S/C9H9BrN4S/c10-7-5-11-6-14-9(7)13-2-1-8-12-3-4-15-8/h3-6H,1-2H2,(H,11,13,14). The molecular formula is C9H9BrN4S. The van der Waals surface area contributed by atoms with Gasteiger partial charge in [-0.25, -0.2) is 15.0 Å². The van der Waals surface area contributed by atoms with Crippen LogP contribution in [-0.4, -0.2) is 21.5 Å². The molecule has 1 N–H and O–H groups in total. The molecule has 0 amide bonds. The summed E-state index contributed by atoms with van der Waals surface area (Å²) in [5.74, 6) is 0.821. The molecule has 0 unspecified atom stereocenters. The predicted octanol–water partition coefficient (Wildman–Crippen LogP) is 2.35. The van der Waals surface area contributed by atoms with Crippen molar-refractivity contribution in [3.63, 3.8) is 0 Å². The van der Waals surface area contributed by atoms with Gasteiger partial charge in [-0.05, 0) is 15.9 Å². The lowest BCUT2D eigenvalue weighted by molar-refractivity contribution is 0.979. The number of anilines is 1. The first-order valence-electron chi connectivity index (χ1n) is 4.44. The maximum absolute atomic E-state index is 4.20. The number of rotatable bonds is 4. The van der Waals surface area contributed by atoms with Crippen molar-refractivity contribution in [3.05, 3.63) is 33.6 Å². The second kappa shape index (κ2) is 5.18. The van der Waals surface area contributed by atoms with Crippen molar-refractivity contribution in [2.24, 2.45) is 0 Å². The van der Waals surface area contributed by atoms with E-state index in [1.165, 1.54) is 6.33 Å². The molecule has 0 atom stereocenters. The van der Waals surface area contributed by atoms with Crippen LogP contribution in [0.15, 0.2) is 28.6 Å². The predicted molar refractivity (Wildman–Crippen MR) is 64.0 cm³/mol. The molecule has 2 rings (SSSR count). The number of nitrogens with one attached hydrogen (secondary N) is 1. The van der Waals surface area contributed by atoms with Crippen molar-refractivity contribution < 1.29 is 0 Å². The molecule has 2 aromatic rings. The fourth-order valence-corrected chi connectivity index (χ4v) is 2.09. The van der Waals surface area contributed by atoms with Gasteiger partial charge >= 0.3 is 0 Å². The fraction of sp³-hybridized carbons (Fsp3) is 0.222. The molecule has 0 aromatic carbocycles. The number of nitrogens with zero attached hydrogens (tertiary/aromatic N) is 3. The van der Waals surface area contributed by atoms with Gasteiger partial charge in [-0.2, -0.15) is 0 Å². The highest BCUT2D eigenvalue weighted by Gasteiger charge is 2.00. The van der Waals surface area contributed by atoms with Gasteiger partial charge in [0.15, 0.2) is 0 Å². The highest BCUT2D eigenvalue weighted by Crippen LogP contribution is 2.16. The molecule has 0 aliphatic heterocycles. The van der Waals surface area contributed by atoms with E-state index in [0.717, 1.165) is 28.3 Å². The molecule has 0 aliphatic carbocycles. The van der Waals surface area contributed by atoms with Gasteiger partial charge in [0, 0.05) is 30.7 Å². The van der Waals surface area contributed by atoms with Crippen LogP contribution < -0.4 is 5.32 Å². The van der Waals surface area contributed by atoms with Crippen LogP contribution in [0.1, 0.15) is 5.01 Å². The molecule has 0 radical (unpaired) electrons. The quantitative estimate of drug-likeness (QED) is 0.937. The van der Waals surface area contributed by atoms with E-state index in [-0.39, 0.29) is 0 Å². The molecule has 6 heteroatoms. The van der Waals surface area contributed by atoms with Crippen LogP contribution in [0.3, 0.4) is 0 Å². The molecule has 2 heterocycles. The topological polar surface area (TPSA) is 50.7 Å². The third-order valence-electron chi connectivity index (χ3n) is 1.78. The first-order chi connectivity index (χ1) is 7.36. The van der Waals surface area contributed by atoms with E-state index in [0.29, 0.717) is 0 Å². The summed E-state index contributed by atoms with van der Waals surface area (Å²) in [5, 5.41) is 6.33. The Morgan fingerprint density at radius 3 is 3.07 bits per heavy atom. The second-order valence-corrected chi connectivity index (χ2v) is 4.66. The number of hydrogen-bond donors (Lipinski definition) is 1. The van der Waals surface area contributed by atoms with E-state index in [1.54, 1.807) is 17.5 Å². The summed E-state index contributed by atoms with van der Waals surface area (Å²) in [6, 6.07) is 0. The van der Waals surface area contributed by atoms with Crippen LogP contribution in [-0.2, 0) is 6.42 Å². The van der Waals surface area contributed by atoms with Gasteiger partial charge in [0.25, 0.3) is 0 Å². The van der Waals surface area contributed by atoms with E-state index < -0.39 is 0 Å². The monoisotopic (exact) mass is 284 g/mol. The normalized spacial score (nSPS) is 10.2. The summed E-state index contributed by atoms with van der Waals surface area (Å²) in [5.41, 5.74) is 0. The fourth-order valence-electron chi connectivity index (χ4n) is 1.11. The maximum atomic E-state index is 4.20. The van der Waals surface area contributed by atoms with Crippen LogP contribution in [0, 0.1) is 0 Å². The molecule has 0 fully saturated rings. The lowest BCUT2D eigenvalue weighted by Gasteiger charge is -2.04. The summed E-state index contributed by atoms with van der Waals surface area (Å²) in [4.78, 5) is 12.2. The summed E-state index contributed by atoms with van der Waals surface area (Å²) >= 11 is 5.04. The lowest BCUT2D eigenvalue weighted by Crippen LogP contribution is -2.06. The zero-order chi connectivity index (χ0) is 10.5. The average molecular weight is 285 g/mol. The third-order valence-corrected chi connectivity index (χ3v) is 3.20. The van der Waals surface area contributed by atoms with E-state index in [9.17, 15) is 0 Å². The Morgan fingerprint density at radius 1 is 1.40 bits per heavy atom. The van der Waals surface area contributed by atoms with Crippen molar-refractivity contribution in [3.8, 4) is 0 Å². The second-order valence-electron chi connectivity index (χ2n) is 2.82. The van der Waals surface area contributed by atoms with Gasteiger partial charge in [0.2, 0.25) is 0 Å². The van der Waals surface area contributed by atoms with Crippen molar-refractivity contribution in [1.82, 2.24) is 15.0 Å². The lowest BCUT2D eigenvalue weighted by atomic mass is 10.4. The van der Waals surface area contributed by atoms with E-state index >= 15 is 0 Å². The SMILES string of the molecule is Brc1cncnc1NCCc1nccs1. The minimum absolute atomic E-state index is 0.821. The summed E-state index contributed by atoms with van der Waals surface area (Å²) < 4.78 is 0.879. The number of aromatic nitrogens is 3. The van der Waals surface area contributed by atoms with Crippen molar-refractivity contribution in [1.29, 1.82) is 0 Å².